The third kappa shape index (κ3) is 1.75. The monoisotopic (exact) mass is 214 g/mol. The van der Waals surface area contributed by atoms with Crippen LogP contribution in [0.25, 0.3) is 0 Å². The van der Waals surface area contributed by atoms with Crippen molar-refractivity contribution in [3.05, 3.63) is 0 Å². The second kappa shape index (κ2) is 4.08. The predicted octanol–water partition coefficient (Wildman–Crippen LogP) is 0.000900. The van der Waals surface area contributed by atoms with Gasteiger partial charge in [-0.15, -0.1) is 0 Å². The van der Waals surface area contributed by atoms with E-state index in [2.05, 4.69) is 5.48 Å². The molecule has 2 aliphatic heterocycles. The zero-order chi connectivity index (χ0) is 10.9. The summed E-state index contributed by atoms with van der Waals surface area (Å²) >= 11 is 0. The van der Waals surface area contributed by atoms with Gasteiger partial charge >= 0.3 is 0 Å². The standard InChI is InChI=1S/C10H18N2O3/c1-15-11-8-4-3-7-12-9(13)5-2-6-10(8,12)14/h8,11,14H,2-7H2,1H3. The van der Waals surface area contributed by atoms with Crippen LogP contribution in [0.3, 0.4) is 0 Å². The zero-order valence-electron chi connectivity index (χ0n) is 9.03. The summed E-state index contributed by atoms with van der Waals surface area (Å²) in [5.41, 5.74) is 1.76. The van der Waals surface area contributed by atoms with Crippen LogP contribution < -0.4 is 5.48 Å². The molecule has 5 nitrogen and oxygen atoms in total. The van der Waals surface area contributed by atoms with Crippen LogP contribution in [0.5, 0.6) is 0 Å². The molecule has 1 amide bonds. The molecule has 2 aliphatic rings. The van der Waals surface area contributed by atoms with Gasteiger partial charge in [-0.1, -0.05) is 0 Å². The molecule has 86 valence electrons. The Morgan fingerprint density at radius 2 is 2.40 bits per heavy atom. The molecule has 0 aromatic carbocycles. The topological polar surface area (TPSA) is 61.8 Å². The van der Waals surface area contributed by atoms with Gasteiger partial charge in [0.15, 0.2) is 5.72 Å². The number of nitrogens with one attached hydrogen (secondary N) is 1. The number of aliphatic hydroxyl groups is 1. The third-order valence-electron chi connectivity index (χ3n) is 3.40. The Kier molecular flexibility index (Phi) is 2.95. The fourth-order valence-electron chi connectivity index (χ4n) is 2.65. The van der Waals surface area contributed by atoms with Gasteiger partial charge in [-0.2, -0.15) is 5.48 Å². The molecule has 2 fully saturated rings. The molecule has 2 unspecified atom stereocenters. The Balaban J connectivity index is 2.18. The van der Waals surface area contributed by atoms with Crippen LogP contribution in [0.4, 0.5) is 0 Å². The predicted molar refractivity (Wildman–Crippen MR) is 53.7 cm³/mol. The van der Waals surface area contributed by atoms with Gasteiger partial charge in [-0.3, -0.25) is 4.79 Å². The molecule has 2 rings (SSSR count). The van der Waals surface area contributed by atoms with E-state index in [0.717, 1.165) is 19.3 Å². The van der Waals surface area contributed by atoms with Gasteiger partial charge in [0.1, 0.15) is 0 Å². The number of hydroxylamine groups is 1. The minimum absolute atomic E-state index is 0.0614. The molecule has 0 saturated carbocycles. The fraction of sp³-hybridized carbons (Fsp3) is 0.900. The van der Waals surface area contributed by atoms with Gasteiger partial charge in [0.25, 0.3) is 0 Å². The lowest BCUT2D eigenvalue weighted by molar-refractivity contribution is -0.201. The van der Waals surface area contributed by atoms with Gasteiger partial charge in [-0.25, -0.2) is 0 Å². The number of fused-ring (bicyclic) bond motifs is 1. The van der Waals surface area contributed by atoms with Crippen LogP contribution in [-0.4, -0.2) is 41.3 Å². The number of rotatable bonds is 2. The third-order valence-corrected chi connectivity index (χ3v) is 3.40. The summed E-state index contributed by atoms with van der Waals surface area (Å²) in [4.78, 5) is 18.2. The van der Waals surface area contributed by atoms with E-state index in [1.165, 1.54) is 7.11 Å². The van der Waals surface area contributed by atoms with E-state index in [4.69, 9.17) is 4.84 Å². The molecule has 0 aromatic heterocycles. The molecule has 5 heteroatoms. The van der Waals surface area contributed by atoms with E-state index in [9.17, 15) is 9.90 Å². The molecular formula is C10H18N2O3. The minimum atomic E-state index is -1.04. The normalized spacial score (nSPS) is 36.5. The molecule has 2 N–H and O–H groups in total. The fourth-order valence-corrected chi connectivity index (χ4v) is 2.65. The Morgan fingerprint density at radius 1 is 1.60 bits per heavy atom. The lowest BCUT2D eigenvalue weighted by atomic mass is 9.85. The van der Waals surface area contributed by atoms with E-state index >= 15 is 0 Å². The van der Waals surface area contributed by atoms with Gasteiger partial charge in [0.2, 0.25) is 5.91 Å². The first-order valence-corrected chi connectivity index (χ1v) is 5.50. The Hall–Kier alpha value is -0.650. The van der Waals surface area contributed by atoms with Crippen LogP contribution >= 0.6 is 0 Å². The zero-order valence-corrected chi connectivity index (χ0v) is 9.03. The highest BCUT2D eigenvalue weighted by Crippen LogP contribution is 2.35. The average molecular weight is 214 g/mol. The first kappa shape index (κ1) is 10.9. The largest absolute Gasteiger partial charge is 0.369 e. The number of nitrogens with zero attached hydrogens (tertiary/aromatic N) is 1. The van der Waals surface area contributed by atoms with Crippen molar-refractivity contribution in [1.82, 2.24) is 10.4 Å². The molecule has 15 heavy (non-hydrogen) atoms. The molecule has 0 radical (unpaired) electrons. The highest BCUT2D eigenvalue weighted by Gasteiger charge is 2.48. The molecule has 0 aliphatic carbocycles. The molecule has 2 atom stereocenters. The number of carbonyl (C=O) groups excluding carboxylic acids is 1. The summed E-state index contributed by atoms with van der Waals surface area (Å²) in [7, 11) is 1.53. The van der Waals surface area contributed by atoms with E-state index in [1.807, 2.05) is 0 Å². The first-order chi connectivity index (χ1) is 7.18. The van der Waals surface area contributed by atoms with Gasteiger partial charge in [-0.05, 0) is 25.7 Å². The molecule has 2 heterocycles. The summed E-state index contributed by atoms with van der Waals surface area (Å²) in [6, 6.07) is -0.166. The number of amides is 1. The lowest BCUT2D eigenvalue weighted by Gasteiger charge is -2.50. The Bertz CT molecular complexity index is 257. The van der Waals surface area contributed by atoms with Gasteiger partial charge < -0.3 is 14.8 Å². The molecule has 0 bridgehead atoms. The minimum Gasteiger partial charge on any atom is -0.369 e. The SMILES string of the molecule is CONC1CCCN2C(=O)CCCC12O. The maximum absolute atomic E-state index is 11.7. The lowest BCUT2D eigenvalue weighted by Crippen LogP contribution is -2.67. The van der Waals surface area contributed by atoms with Crippen LogP contribution in [0, 0.1) is 0 Å². The van der Waals surface area contributed by atoms with Crippen LogP contribution in [0.15, 0.2) is 0 Å². The maximum atomic E-state index is 11.7. The van der Waals surface area contributed by atoms with E-state index in [0.29, 0.717) is 19.4 Å². The second-order valence-electron chi connectivity index (χ2n) is 4.29. The molecule has 2 saturated heterocycles. The van der Waals surface area contributed by atoms with Crippen molar-refractivity contribution in [2.45, 2.75) is 43.9 Å². The summed E-state index contributed by atoms with van der Waals surface area (Å²) < 4.78 is 0. The number of hydrogen-bond donors (Lipinski definition) is 2. The maximum Gasteiger partial charge on any atom is 0.224 e. The first-order valence-electron chi connectivity index (χ1n) is 5.50. The van der Waals surface area contributed by atoms with Crippen molar-refractivity contribution in [1.29, 1.82) is 0 Å². The Morgan fingerprint density at radius 3 is 3.13 bits per heavy atom. The summed E-state index contributed by atoms with van der Waals surface area (Å²) in [5, 5.41) is 10.5. The quantitative estimate of drug-likeness (QED) is 0.635. The van der Waals surface area contributed by atoms with Crippen molar-refractivity contribution < 1.29 is 14.7 Å². The Labute approximate surface area is 89.3 Å². The highest BCUT2D eigenvalue weighted by molar-refractivity contribution is 5.78. The molecular weight excluding hydrogens is 196 g/mol. The van der Waals surface area contributed by atoms with Crippen molar-refractivity contribution in [3.8, 4) is 0 Å². The average Bonchev–Trinajstić information content (AvgIpc) is 2.20. The summed E-state index contributed by atoms with van der Waals surface area (Å²) in [6.07, 6.45) is 3.71. The second-order valence-corrected chi connectivity index (χ2v) is 4.29. The summed E-state index contributed by atoms with van der Waals surface area (Å²) in [6.45, 7) is 0.664. The van der Waals surface area contributed by atoms with Crippen molar-refractivity contribution in [2.75, 3.05) is 13.7 Å². The molecule has 0 spiro atoms. The number of carbonyl (C=O) groups is 1. The van der Waals surface area contributed by atoms with Crippen molar-refractivity contribution >= 4 is 5.91 Å². The highest BCUT2D eigenvalue weighted by atomic mass is 16.6. The number of piperidine rings is 2. The van der Waals surface area contributed by atoms with Crippen molar-refractivity contribution in [3.63, 3.8) is 0 Å². The summed E-state index contributed by atoms with van der Waals surface area (Å²) in [5.74, 6) is 0.0614. The molecule has 0 aromatic rings. The van der Waals surface area contributed by atoms with E-state index in [1.54, 1.807) is 4.90 Å². The van der Waals surface area contributed by atoms with E-state index in [-0.39, 0.29) is 11.9 Å². The van der Waals surface area contributed by atoms with Crippen LogP contribution in [0.2, 0.25) is 0 Å². The van der Waals surface area contributed by atoms with Crippen LogP contribution in [0.1, 0.15) is 32.1 Å². The van der Waals surface area contributed by atoms with Crippen molar-refractivity contribution in [2.24, 2.45) is 0 Å². The van der Waals surface area contributed by atoms with Gasteiger partial charge in [0.05, 0.1) is 13.2 Å². The number of hydrogen-bond acceptors (Lipinski definition) is 4. The van der Waals surface area contributed by atoms with E-state index < -0.39 is 5.72 Å². The smallest absolute Gasteiger partial charge is 0.224 e. The van der Waals surface area contributed by atoms with Gasteiger partial charge in [0, 0.05) is 13.0 Å². The van der Waals surface area contributed by atoms with Crippen LogP contribution in [-0.2, 0) is 9.63 Å².